The molecule has 4 nitrogen and oxygen atoms in total. The SMILES string of the molecule is CCC(N)C(CO)OCCOc1ccccc1. The summed E-state index contributed by atoms with van der Waals surface area (Å²) in [5.74, 6) is 0.816. The molecule has 0 saturated carbocycles. The first-order valence-electron chi connectivity index (χ1n) is 5.93. The minimum Gasteiger partial charge on any atom is -0.491 e. The molecule has 0 bridgehead atoms. The minimum atomic E-state index is -0.306. The molecule has 17 heavy (non-hydrogen) atoms. The van der Waals surface area contributed by atoms with Gasteiger partial charge in [0.2, 0.25) is 0 Å². The summed E-state index contributed by atoms with van der Waals surface area (Å²) < 4.78 is 10.9. The van der Waals surface area contributed by atoms with E-state index in [4.69, 9.17) is 20.3 Å². The molecule has 2 atom stereocenters. The summed E-state index contributed by atoms with van der Waals surface area (Å²) in [6.07, 6.45) is 0.476. The van der Waals surface area contributed by atoms with Crippen LogP contribution in [0.3, 0.4) is 0 Å². The Bertz CT molecular complexity index is 292. The third kappa shape index (κ3) is 5.17. The number of ether oxygens (including phenoxy) is 2. The monoisotopic (exact) mass is 239 g/mol. The summed E-state index contributed by atoms with van der Waals surface area (Å²) in [5, 5.41) is 9.10. The highest BCUT2D eigenvalue weighted by atomic mass is 16.5. The van der Waals surface area contributed by atoms with E-state index in [0.717, 1.165) is 12.2 Å². The van der Waals surface area contributed by atoms with Gasteiger partial charge in [-0.25, -0.2) is 0 Å². The first-order valence-corrected chi connectivity index (χ1v) is 5.93. The van der Waals surface area contributed by atoms with Crippen LogP contribution in [0, 0.1) is 0 Å². The van der Waals surface area contributed by atoms with E-state index in [1.807, 2.05) is 37.3 Å². The van der Waals surface area contributed by atoms with Crippen LogP contribution in [-0.2, 0) is 4.74 Å². The Morgan fingerprint density at radius 2 is 1.94 bits per heavy atom. The Kier molecular flexibility index (Phi) is 6.62. The van der Waals surface area contributed by atoms with Crippen molar-refractivity contribution in [3.8, 4) is 5.75 Å². The molecular weight excluding hydrogens is 218 g/mol. The predicted molar refractivity (Wildman–Crippen MR) is 67.0 cm³/mol. The van der Waals surface area contributed by atoms with Crippen LogP contribution in [0.1, 0.15) is 13.3 Å². The second kappa shape index (κ2) is 8.06. The van der Waals surface area contributed by atoms with Gasteiger partial charge in [-0.2, -0.15) is 0 Å². The highest BCUT2D eigenvalue weighted by Crippen LogP contribution is 2.08. The maximum absolute atomic E-state index is 9.10. The Morgan fingerprint density at radius 1 is 1.24 bits per heavy atom. The lowest BCUT2D eigenvalue weighted by molar-refractivity contribution is -0.0141. The molecule has 1 rings (SSSR count). The molecule has 4 heteroatoms. The molecule has 0 radical (unpaired) electrons. The van der Waals surface area contributed by atoms with Gasteiger partial charge in [0.25, 0.3) is 0 Å². The van der Waals surface area contributed by atoms with Crippen molar-refractivity contribution in [2.75, 3.05) is 19.8 Å². The van der Waals surface area contributed by atoms with Gasteiger partial charge in [0.1, 0.15) is 12.4 Å². The van der Waals surface area contributed by atoms with Gasteiger partial charge in [0, 0.05) is 6.04 Å². The molecule has 0 aliphatic heterocycles. The summed E-state index contributed by atoms with van der Waals surface area (Å²) >= 11 is 0. The molecule has 96 valence electrons. The first-order chi connectivity index (χ1) is 8.27. The van der Waals surface area contributed by atoms with Crippen LogP contribution in [-0.4, -0.2) is 37.1 Å². The standard InChI is InChI=1S/C13H21NO3/c1-2-12(14)13(10-15)17-9-8-16-11-6-4-3-5-7-11/h3-7,12-13,15H,2,8-10,14H2,1H3. The van der Waals surface area contributed by atoms with Gasteiger partial charge in [0.15, 0.2) is 0 Å². The fourth-order valence-corrected chi connectivity index (χ4v) is 1.45. The number of aliphatic hydroxyl groups excluding tert-OH is 1. The molecule has 1 aromatic carbocycles. The fraction of sp³-hybridized carbons (Fsp3) is 0.538. The maximum Gasteiger partial charge on any atom is 0.119 e. The third-order valence-electron chi connectivity index (χ3n) is 2.56. The molecule has 0 spiro atoms. The zero-order chi connectivity index (χ0) is 12.5. The van der Waals surface area contributed by atoms with Gasteiger partial charge in [-0.3, -0.25) is 0 Å². The second-order valence-electron chi connectivity index (χ2n) is 3.83. The minimum absolute atomic E-state index is 0.0552. The zero-order valence-corrected chi connectivity index (χ0v) is 10.2. The van der Waals surface area contributed by atoms with Gasteiger partial charge in [0.05, 0.1) is 19.3 Å². The van der Waals surface area contributed by atoms with Crippen LogP contribution in [0.4, 0.5) is 0 Å². The lowest BCUT2D eigenvalue weighted by Gasteiger charge is -2.21. The van der Waals surface area contributed by atoms with Crippen LogP contribution >= 0.6 is 0 Å². The van der Waals surface area contributed by atoms with Crippen molar-refractivity contribution < 1.29 is 14.6 Å². The van der Waals surface area contributed by atoms with Crippen molar-refractivity contribution in [1.29, 1.82) is 0 Å². The molecule has 0 saturated heterocycles. The van der Waals surface area contributed by atoms with E-state index in [1.54, 1.807) is 0 Å². The highest BCUT2D eigenvalue weighted by molar-refractivity contribution is 5.20. The summed E-state index contributed by atoms with van der Waals surface area (Å²) in [6.45, 7) is 2.79. The van der Waals surface area contributed by atoms with Gasteiger partial charge in [-0.15, -0.1) is 0 Å². The zero-order valence-electron chi connectivity index (χ0n) is 10.2. The van der Waals surface area contributed by atoms with Gasteiger partial charge in [-0.1, -0.05) is 25.1 Å². The quantitative estimate of drug-likeness (QED) is 0.669. The van der Waals surface area contributed by atoms with Crippen molar-refractivity contribution in [1.82, 2.24) is 0 Å². The van der Waals surface area contributed by atoms with E-state index in [2.05, 4.69) is 0 Å². The number of rotatable bonds is 8. The Labute approximate surface area is 102 Å². The Hall–Kier alpha value is -1.10. The number of aliphatic hydroxyl groups is 1. The molecule has 0 fully saturated rings. The number of nitrogens with two attached hydrogens (primary N) is 1. The predicted octanol–water partition coefficient (Wildman–Crippen LogP) is 1.18. The van der Waals surface area contributed by atoms with E-state index < -0.39 is 0 Å². The van der Waals surface area contributed by atoms with Crippen LogP contribution in [0.5, 0.6) is 5.75 Å². The normalized spacial score (nSPS) is 14.3. The number of hydrogen-bond acceptors (Lipinski definition) is 4. The maximum atomic E-state index is 9.10. The summed E-state index contributed by atoms with van der Waals surface area (Å²) in [6, 6.07) is 9.42. The average molecular weight is 239 g/mol. The molecule has 0 aliphatic carbocycles. The van der Waals surface area contributed by atoms with Crippen LogP contribution in [0.2, 0.25) is 0 Å². The average Bonchev–Trinajstić information content (AvgIpc) is 2.39. The van der Waals surface area contributed by atoms with Gasteiger partial charge in [-0.05, 0) is 18.6 Å². The van der Waals surface area contributed by atoms with Crippen molar-refractivity contribution in [3.63, 3.8) is 0 Å². The van der Waals surface area contributed by atoms with Crippen molar-refractivity contribution in [2.45, 2.75) is 25.5 Å². The van der Waals surface area contributed by atoms with Crippen molar-refractivity contribution >= 4 is 0 Å². The highest BCUT2D eigenvalue weighted by Gasteiger charge is 2.15. The molecule has 0 aliphatic rings. The van der Waals surface area contributed by atoms with Crippen LogP contribution in [0.15, 0.2) is 30.3 Å². The van der Waals surface area contributed by atoms with Crippen LogP contribution in [0.25, 0.3) is 0 Å². The Balaban J connectivity index is 2.19. The molecule has 2 unspecified atom stereocenters. The molecular formula is C13H21NO3. The van der Waals surface area contributed by atoms with Crippen molar-refractivity contribution in [2.24, 2.45) is 5.73 Å². The number of para-hydroxylation sites is 1. The second-order valence-corrected chi connectivity index (χ2v) is 3.83. The first kappa shape index (κ1) is 14.0. The smallest absolute Gasteiger partial charge is 0.119 e. The lowest BCUT2D eigenvalue weighted by atomic mass is 10.1. The summed E-state index contributed by atoms with van der Waals surface area (Å²) in [7, 11) is 0. The van der Waals surface area contributed by atoms with E-state index >= 15 is 0 Å². The van der Waals surface area contributed by atoms with E-state index in [9.17, 15) is 0 Å². The van der Waals surface area contributed by atoms with E-state index in [-0.39, 0.29) is 18.8 Å². The third-order valence-corrected chi connectivity index (χ3v) is 2.56. The lowest BCUT2D eigenvalue weighted by Crippen LogP contribution is -2.39. The molecule has 1 aromatic rings. The largest absolute Gasteiger partial charge is 0.491 e. The van der Waals surface area contributed by atoms with E-state index in [1.165, 1.54) is 0 Å². The van der Waals surface area contributed by atoms with Gasteiger partial charge >= 0.3 is 0 Å². The molecule has 0 amide bonds. The van der Waals surface area contributed by atoms with Gasteiger partial charge < -0.3 is 20.3 Å². The van der Waals surface area contributed by atoms with E-state index in [0.29, 0.717) is 13.2 Å². The Morgan fingerprint density at radius 3 is 2.53 bits per heavy atom. The molecule has 3 N–H and O–H groups in total. The topological polar surface area (TPSA) is 64.7 Å². The number of benzene rings is 1. The fourth-order valence-electron chi connectivity index (χ4n) is 1.45. The molecule has 0 heterocycles. The van der Waals surface area contributed by atoms with Crippen molar-refractivity contribution in [3.05, 3.63) is 30.3 Å². The summed E-state index contributed by atoms with van der Waals surface area (Å²) in [5.41, 5.74) is 5.80. The summed E-state index contributed by atoms with van der Waals surface area (Å²) in [4.78, 5) is 0. The number of hydrogen-bond donors (Lipinski definition) is 2. The molecule has 0 aromatic heterocycles. The van der Waals surface area contributed by atoms with Crippen LogP contribution < -0.4 is 10.5 Å².